The minimum atomic E-state index is 0.313. The van der Waals surface area contributed by atoms with Crippen molar-refractivity contribution in [2.75, 3.05) is 11.9 Å². The third-order valence-electron chi connectivity index (χ3n) is 2.93. The van der Waals surface area contributed by atoms with E-state index in [0.29, 0.717) is 18.8 Å². The molecule has 0 saturated heterocycles. The molecule has 2 heterocycles. The van der Waals surface area contributed by atoms with Crippen molar-refractivity contribution in [3.05, 3.63) is 36.2 Å². The van der Waals surface area contributed by atoms with Crippen molar-refractivity contribution in [1.29, 1.82) is 0 Å². The average Bonchev–Trinajstić information content (AvgIpc) is 2.51. The molecule has 0 fully saturated rings. The first kappa shape index (κ1) is 13.5. The van der Waals surface area contributed by atoms with Crippen LogP contribution < -0.4 is 11.1 Å². The third-order valence-corrected chi connectivity index (χ3v) is 4.00. The number of aromatic nitrogens is 2. The van der Waals surface area contributed by atoms with Crippen molar-refractivity contribution in [2.24, 2.45) is 10.7 Å². The van der Waals surface area contributed by atoms with Gasteiger partial charge in [-0.05, 0) is 17.7 Å². The third kappa shape index (κ3) is 2.98. The van der Waals surface area contributed by atoms with Gasteiger partial charge in [0.2, 0.25) is 0 Å². The molecule has 1 aliphatic heterocycles. The molecule has 3 rings (SSSR count). The fraction of sp³-hybridized carbons (Fsp3) is 0.133. The highest BCUT2D eigenvalue weighted by Crippen LogP contribution is 2.41. The van der Waals surface area contributed by atoms with Crippen molar-refractivity contribution >= 4 is 29.1 Å². The van der Waals surface area contributed by atoms with E-state index in [1.807, 2.05) is 6.07 Å². The lowest BCUT2D eigenvalue weighted by molar-refractivity contribution is 1.04. The highest BCUT2D eigenvalue weighted by molar-refractivity contribution is 7.99. The molecule has 0 bridgehead atoms. The quantitative estimate of drug-likeness (QED) is 0.440. The Morgan fingerprint density at radius 1 is 1.38 bits per heavy atom. The van der Waals surface area contributed by atoms with Crippen LogP contribution in [0.5, 0.6) is 0 Å². The molecular weight excluding hydrogens is 282 g/mol. The molecule has 0 unspecified atom stereocenters. The van der Waals surface area contributed by atoms with Crippen molar-refractivity contribution < 1.29 is 0 Å². The minimum Gasteiger partial charge on any atom is -0.387 e. The van der Waals surface area contributed by atoms with Gasteiger partial charge in [-0.1, -0.05) is 23.7 Å². The Bertz CT molecular complexity index is 748. The van der Waals surface area contributed by atoms with Crippen LogP contribution in [-0.2, 0) is 6.42 Å². The lowest BCUT2D eigenvalue weighted by Crippen LogP contribution is -2.15. The molecular formula is C15H13N5S. The molecule has 0 spiro atoms. The van der Waals surface area contributed by atoms with Crippen LogP contribution in [0.25, 0.3) is 0 Å². The van der Waals surface area contributed by atoms with E-state index in [-0.39, 0.29) is 0 Å². The molecule has 5 nitrogen and oxygen atoms in total. The number of hydrogen-bond donors (Lipinski definition) is 2. The lowest BCUT2D eigenvalue weighted by Gasteiger charge is -2.19. The number of aliphatic imine (C=N–C) groups is 1. The number of nitrogens with one attached hydrogen (secondary N) is 1. The Kier molecular flexibility index (Phi) is 3.75. The van der Waals surface area contributed by atoms with Gasteiger partial charge in [-0.25, -0.2) is 9.97 Å². The van der Waals surface area contributed by atoms with Gasteiger partial charge in [0.1, 0.15) is 11.6 Å². The Labute approximate surface area is 127 Å². The van der Waals surface area contributed by atoms with Crippen LogP contribution in [0.4, 0.5) is 11.5 Å². The summed E-state index contributed by atoms with van der Waals surface area (Å²) in [5.74, 6) is 3.76. The second-order valence-corrected chi connectivity index (χ2v) is 5.49. The molecule has 2 aromatic rings. The number of nitrogens with two attached hydrogens (primary N) is 1. The largest absolute Gasteiger partial charge is 0.387 e. The monoisotopic (exact) mass is 295 g/mol. The van der Waals surface area contributed by atoms with E-state index in [9.17, 15) is 0 Å². The molecule has 1 aromatic heterocycles. The molecule has 0 aliphatic carbocycles. The lowest BCUT2D eigenvalue weighted by atomic mass is 10.1. The molecule has 0 atom stereocenters. The van der Waals surface area contributed by atoms with Crippen LogP contribution in [0.1, 0.15) is 5.56 Å². The molecule has 3 N–H and O–H groups in total. The van der Waals surface area contributed by atoms with Gasteiger partial charge in [-0.3, -0.25) is 4.99 Å². The first-order valence-corrected chi connectivity index (χ1v) is 7.19. The van der Waals surface area contributed by atoms with Gasteiger partial charge >= 0.3 is 0 Å². The van der Waals surface area contributed by atoms with E-state index in [2.05, 4.69) is 38.3 Å². The molecule has 6 heteroatoms. The van der Waals surface area contributed by atoms with Crippen molar-refractivity contribution in [3.63, 3.8) is 0 Å². The summed E-state index contributed by atoms with van der Waals surface area (Å²) in [6.45, 7) is 0.313. The molecule has 0 amide bonds. The zero-order valence-electron chi connectivity index (χ0n) is 11.2. The van der Waals surface area contributed by atoms with Crippen molar-refractivity contribution in [1.82, 2.24) is 9.97 Å². The maximum Gasteiger partial charge on any atom is 0.163 e. The molecule has 1 aliphatic rings. The smallest absolute Gasteiger partial charge is 0.163 e. The Morgan fingerprint density at radius 3 is 3.10 bits per heavy atom. The van der Waals surface area contributed by atoms with Gasteiger partial charge in [0.05, 0.1) is 11.5 Å². The maximum absolute atomic E-state index is 5.85. The standard InChI is InChI=1S/C15H13N5S/c1-2-5-17-13(16)9-10-3-4-12-11(8-10)20-14-15(21-12)19-7-6-18-14/h1,3-4,6-8H,5,9H2,(H2,16,17)(H,18,20). The zero-order valence-corrected chi connectivity index (χ0v) is 12.0. The van der Waals surface area contributed by atoms with Crippen LogP contribution in [0.3, 0.4) is 0 Å². The first-order chi connectivity index (χ1) is 10.3. The number of nitrogens with zero attached hydrogens (tertiary/aromatic N) is 3. The number of amidine groups is 1. The predicted molar refractivity (Wildman–Crippen MR) is 84.9 cm³/mol. The number of anilines is 2. The summed E-state index contributed by atoms with van der Waals surface area (Å²) in [6, 6.07) is 6.14. The van der Waals surface area contributed by atoms with Crippen LogP contribution in [0, 0.1) is 12.3 Å². The summed E-state index contributed by atoms with van der Waals surface area (Å²) in [6.07, 6.45) is 9.11. The number of benzene rings is 1. The molecule has 0 radical (unpaired) electrons. The summed E-state index contributed by atoms with van der Waals surface area (Å²) in [7, 11) is 0. The van der Waals surface area contributed by atoms with Crippen LogP contribution in [0.15, 0.2) is 45.5 Å². The first-order valence-electron chi connectivity index (χ1n) is 6.37. The Hall–Kier alpha value is -2.52. The summed E-state index contributed by atoms with van der Waals surface area (Å²) in [5.41, 5.74) is 7.94. The van der Waals surface area contributed by atoms with Crippen molar-refractivity contribution in [2.45, 2.75) is 16.3 Å². The predicted octanol–water partition coefficient (Wildman–Crippen LogP) is 2.22. The number of hydrogen-bond acceptors (Lipinski definition) is 5. The van der Waals surface area contributed by atoms with Gasteiger partial charge in [0, 0.05) is 23.7 Å². The molecule has 104 valence electrons. The summed E-state index contributed by atoms with van der Waals surface area (Å²) >= 11 is 1.60. The van der Waals surface area contributed by atoms with E-state index >= 15 is 0 Å². The minimum absolute atomic E-state index is 0.313. The fourth-order valence-corrected chi connectivity index (χ4v) is 2.88. The van der Waals surface area contributed by atoms with E-state index < -0.39 is 0 Å². The van der Waals surface area contributed by atoms with Gasteiger partial charge in [0.25, 0.3) is 0 Å². The zero-order chi connectivity index (χ0) is 14.7. The highest BCUT2D eigenvalue weighted by atomic mass is 32.2. The van der Waals surface area contributed by atoms with E-state index in [4.69, 9.17) is 12.2 Å². The Balaban J connectivity index is 1.82. The number of terminal acetylenes is 1. The molecule has 1 aromatic carbocycles. The highest BCUT2D eigenvalue weighted by Gasteiger charge is 2.17. The van der Waals surface area contributed by atoms with E-state index in [1.165, 1.54) is 0 Å². The van der Waals surface area contributed by atoms with Gasteiger partial charge < -0.3 is 11.1 Å². The fourth-order valence-electron chi connectivity index (χ4n) is 2.00. The van der Waals surface area contributed by atoms with Crippen LogP contribution in [0.2, 0.25) is 0 Å². The van der Waals surface area contributed by atoms with Crippen molar-refractivity contribution in [3.8, 4) is 12.3 Å². The molecule has 0 saturated carbocycles. The van der Waals surface area contributed by atoms with Gasteiger partial charge in [0.15, 0.2) is 5.82 Å². The maximum atomic E-state index is 5.85. The number of fused-ring (bicyclic) bond motifs is 2. The topological polar surface area (TPSA) is 76.2 Å². The SMILES string of the molecule is C#CCN=C(N)Cc1ccc2c(c1)Nc1nccnc1S2. The normalized spacial score (nSPS) is 12.8. The van der Waals surface area contributed by atoms with Crippen LogP contribution in [-0.4, -0.2) is 22.3 Å². The second-order valence-electron chi connectivity index (χ2n) is 4.46. The van der Waals surface area contributed by atoms with Crippen LogP contribution >= 0.6 is 11.8 Å². The van der Waals surface area contributed by atoms with Gasteiger partial charge in [-0.15, -0.1) is 6.42 Å². The second kappa shape index (κ2) is 5.85. The van der Waals surface area contributed by atoms with E-state index in [1.54, 1.807) is 24.2 Å². The molecule has 21 heavy (non-hydrogen) atoms. The van der Waals surface area contributed by atoms with Gasteiger partial charge in [-0.2, -0.15) is 0 Å². The summed E-state index contributed by atoms with van der Waals surface area (Å²) in [5, 5.41) is 4.17. The summed E-state index contributed by atoms with van der Waals surface area (Å²) < 4.78 is 0. The number of rotatable bonds is 3. The Morgan fingerprint density at radius 2 is 2.24 bits per heavy atom. The average molecular weight is 295 g/mol. The van der Waals surface area contributed by atoms with E-state index in [0.717, 1.165) is 27.0 Å². The summed E-state index contributed by atoms with van der Waals surface area (Å²) in [4.78, 5) is 13.8.